The van der Waals surface area contributed by atoms with E-state index in [-0.39, 0.29) is 6.61 Å². The number of rotatable bonds is 5. The second-order valence-corrected chi connectivity index (χ2v) is 4.51. The molecule has 0 radical (unpaired) electrons. The van der Waals surface area contributed by atoms with Gasteiger partial charge in [-0.3, -0.25) is 0 Å². The summed E-state index contributed by atoms with van der Waals surface area (Å²) in [6.45, 7) is 0.255. The Morgan fingerprint density at radius 2 is 2.14 bits per heavy atom. The van der Waals surface area contributed by atoms with E-state index in [9.17, 15) is 0 Å². The van der Waals surface area contributed by atoms with Gasteiger partial charge in [0.05, 0.1) is 5.02 Å². The highest BCUT2D eigenvalue weighted by molar-refractivity contribution is 7.99. The van der Waals surface area contributed by atoms with E-state index in [4.69, 9.17) is 22.4 Å². The lowest BCUT2D eigenvalue weighted by Crippen LogP contribution is -1.88. The molecule has 0 fully saturated rings. The van der Waals surface area contributed by atoms with Gasteiger partial charge in [-0.1, -0.05) is 11.6 Å². The predicted molar refractivity (Wildman–Crippen MR) is 62.9 cm³/mol. The van der Waals surface area contributed by atoms with Gasteiger partial charge >= 0.3 is 0 Å². The van der Waals surface area contributed by atoms with E-state index in [1.54, 1.807) is 17.8 Å². The molecule has 0 aliphatic carbocycles. The van der Waals surface area contributed by atoms with Gasteiger partial charge in [-0.15, -0.1) is 11.8 Å². The van der Waals surface area contributed by atoms with Crippen LogP contribution in [0.5, 0.6) is 0 Å². The largest absolute Gasteiger partial charge is 0.399 e. The molecule has 1 aromatic carbocycles. The lowest BCUT2D eigenvalue weighted by Gasteiger charge is -2.04. The molecule has 0 aliphatic rings. The maximum absolute atomic E-state index is 8.61. The Labute approximate surface area is 93.5 Å². The van der Waals surface area contributed by atoms with E-state index in [2.05, 4.69) is 0 Å². The summed E-state index contributed by atoms with van der Waals surface area (Å²) in [5, 5.41) is 9.35. The third-order valence-electron chi connectivity index (χ3n) is 1.77. The van der Waals surface area contributed by atoms with Crippen molar-refractivity contribution < 1.29 is 5.11 Å². The minimum Gasteiger partial charge on any atom is -0.399 e. The normalized spacial score (nSPS) is 10.4. The SMILES string of the molecule is Nc1ccc(Cl)c(SCCCCO)c1. The molecule has 0 saturated carbocycles. The predicted octanol–water partition coefficient (Wildman–Crippen LogP) is 2.79. The molecule has 0 aromatic heterocycles. The van der Waals surface area contributed by atoms with Crippen molar-refractivity contribution in [2.24, 2.45) is 0 Å². The fourth-order valence-electron chi connectivity index (χ4n) is 1.03. The summed E-state index contributed by atoms with van der Waals surface area (Å²) < 4.78 is 0. The molecule has 0 amide bonds. The molecule has 4 heteroatoms. The fraction of sp³-hybridized carbons (Fsp3) is 0.400. The second-order valence-electron chi connectivity index (χ2n) is 2.97. The van der Waals surface area contributed by atoms with E-state index in [0.29, 0.717) is 0 Å². The molecule has 0 saturated heterocycles. The van der Waals surface area contributed by atoms with Crippen LogP contribution in [0.15, 0.2) is 23.1 Å². The monoisotopic (exact) mass is 231 g/mol. The standard InChI is InChI=1S/C10H14ClNOS/c11-9-4-3-8(12)7-10(9)14-6-2-1-5-13/h3-4,7,13H,1-2,5-6,12H2. The summed E-state index contributed by atoms with van der Waals surface area (Å²) in [7, 11) is 0. The smallest absolute Gasteiger partial charge is 0.0543 e. The van der Waals surface area contributed by atoms with Gasteiger partial charge in [0.2, 0.25) is 0 Å². The van der Waals surface area contributed by atoms with Gasteiger partial charge in [0.1, 0.15) is 0 Å². The first kappa shape index (κ1) is 11.7. The Morgan fingerprint density at radius 1 is 1.36 bits per heavy atom. The van der Waals surface area contributed by atoms with Crippen molar-refractivity contribution in [3.63, 3.8) is 0 Å². The molecule has 0 atom stereocenters. The maximum Gasteiger partial charge on any atom is 0.0543 e. The molecular formula is C10H14ClNOS. The molecule has 1 rings (SSSR count). The first-order chi connectivity index (χ1) is 6.74. The number of unbranched alkanes of at least 4 members (excludes halogenated alkanes) is 1. The molecular weight excluding hydrogens is 218 g/mol. The summed E-state index contributed by atoms with van der Waals surface area (Å²) in [5.74, 6) is 0.962. The fourth-order valence-corrected chi connectivity index (χ4v) is 2.30. The van der Waals surface area contributed by atoms with E-state index in [0.717, 1.165) is 34.2 Å². The van der Waals surface area contributed by atoms with E-state index >= 15 is 0 Å². The number of hydrogen-bond acceptors (Lipinski definition) is 3. The molecule has 0 heterocycles. The van der Waals surface area contributed by atoms with Gasteiger partial charge in [0.15, 0.2) is 0 Å². The van der Waals surface area contributed by atoms with Crippen molar-refractivity contribution >= 4 is 29.1 Å². The maximum atomic E-state index is 8.61. The van der Waals surface area contributed by atoms with Gasteiger partial charge < -0.3 is 10.8 Å². The van der Waals surface area contributed by atoms with Crippen LogP contribution in [0.1, 0.15) is 12.8 Å². The summed E-state index contributed by atoms with van der Waals surface area (Å²) in [6, 6.07) is 5.48. The first-order valence-electron chi connectivity index (χ1n) is 4.52. The van der Waals surface area contributed by atoms with Crippen LogP contribution in [0.2, 0.25) is 5.02 Å². The van der Waals surface area contributed by atoms with E-state index in [1.165, 1.54) is 0 Å². The average molecular weight is 232 g/mol. The molecule has 14 heavy (non-hydrogen) atoms. The third-order valence-corrected chi connectivity index (χ3v) is 3.35. The summed E-state index contributed by atoms with van der Waals surface area (Å²) in [5.41, 5.74) is 6.38. The zero-order chi connectivity index (χ0) is 10.4. The number of halogens is 1. The van der Waals surface area contributed by atoms with Gasteiger partial charge in [0.25, 0.3) is 0 Å². The lowest BCUT2D eigenvalue weighted by atomic mass is 10.3. The van der Waals surface area contributed by atoms with Crippen molar-refractivity contribution in [3.05, 3.63) is 23.2 Å². The molecule has 0 unspecified atom stereocenters. The van der Waals surface area contributed by atoms with Crippen LogP contribution >= 0.6 is 23.4 Å². The van der Waals surface area contributed by atoms with Crippen LogP contribution < -0.4 is 5.73 Å². The second kappa shape index (κ2) is 6.17. The minimum absolute atomic E-state index is 0.255. The number of benzene rings is 1. The van der Waals surface area contributed by atoms with Crippen LogP contribution in [0.4, 0.5) is 5.69 Å². The summed E-state index contributed by atoms with van der Waals surface area (Å²) >= 11 is 7.66. The van der Waals surface area contributed by atoms with Gasteiger partial charge in [-0.25, -0.2) is 0 Å². The average Bonchev–Trinajstić information content (AvgIpc) is 2.18. The van der Waals surface area contributed by atoms with Crippen LogP contribution in [0.25, 0.3) is 0 Å². The molecule has 0 aliphatic heterocycles. The van der Waals surface area contributed by atoms with Crippen LogP contribution in [0.3, 0.4) is 0 Å². The Balaban J connectivity index is 2.45. The minimum atomic E-state index is 0.255. The van der Waals surface area contributed by atoms with Crippen molar-refractivity contribution in [3.8, 4) is 0 Å². The highest BCUT2D eigenvalue weighted by atomic mass is 35.5. The van der Waals surface area contributed by atoms with E-state index in [1.807, 2.05) is 12.1 Å². The highest BCUT2D eigenvalue weighted by Gasteiger charge is 2.00. The van der Waals surface area contributed by atoms with Crippen LogP contribution in [-0.2, 0) is 0 Å². The number of aliphatic hydroxyl groups excluding tert-OH is 1. The Morgan fingerprint density at radius 3 is 2.86 bits per heavy atom. The van der Waals surface area contributed by atoms with Crippen molar-refractivity contribution in [2.75, 3.05) is 18.1 Å². The topological polar surface area (TPSA) is 46.2 Å². The third kappa shape index (κ3) is 3.78. The summed E-state index contributed by atoms with van der Waals surface area (Å²) in [4.78, 5) is 1.02. The Bertz CT molecular complexity index is 293. The number of thioether (sulfide) groups is 1. The summed E-state index contributed by atoms with van der Waals surface area (Å²) in [6.07, 6.45) is 1.83. The van der Waals surface area contributed by atoms with Gasteiger partial charge in [-0.05, 0) is 36.8 Å². The van der Waals surface area contributed by atoms with Gasteiger partial charge in [0, 0.05) is 17.2 Å². The molecule has 2 nitrogen and oxygen atoms in total. The Hall–Kier alpha value is -0.380. The Kier molecular flexibility index (Phi) is 5.15. The van der Waals surface area contributed by atoms with Gasteiger partial charge in [-0.2, -0.15) is 0 Å². The number of hydrogen-bond donors (Lipinski definition) is 2. The molecule has 0 spiro atoms. The zero-order valence-electron chi connectivity index (χ0n) is 7.87. The van der Waals surface area contributed by atoms with Crippen molar-refractivity contribution in [1.82, 2.24) is 0 Å². The quantitative estimate of drug-likeness (QED) is 0.465. The number of aliphatic hydroxyl groups is 1. The number of nitrogen functional groups attached to an aromatic ring is 1. The van der Waals surface area contributed by atoms with Crippen LogP contribution in [-0.4, -0.2) is 17.5 Å². The first-order valence-corrected chi connectivity index (χ1v) is 5.89. The number of nitrogens with two attached hydrogens (primary N) is 1. The zero-order valence-corrected chi connectivity index (χ0v) is 9.44. The molecule has 1 aromatic rings. The van der Waals surface area contributed by atoms with Crippen molar-refractivity contribution in [1.29, 1.82) is 0 Å². The van der Waals surface area contributed by atoms with Crippen LogP contribution in [0, 0.1) is 0 Å². The molecule has 0 bridgehead atoms. The van der Waals surface area contributed by atoms with Crippen molar-refractivity contribution in [2.45, 2.75) is 17.7 Å². The lowest BCUT2D eigenvalue weighted by molar-refractivity contribution is 0.287. The molecule has 78 valence electrons. The number of anilines is 1. The van der Waals surface area contributed by atoms with E-state index < -0.39 is 0 Å². The highest BCUT2D eigenvalue weighted by Crippen LogP contribution is 2.29. The molecule has 3 N–H and O–H groups in total.